The van der Waals surface area contributed by atoms with E-state index in [2.05, 4.69) is 5.32 Å². The minimum atomic E-state index is -0.539. The number of hydrogen-bond acceptors (Lipinski definition) is 6. The van der Waals surface area contributed by atoms with Gasteiger partial charge < -0.3 is 24.3 Å². The van der Waals surface area contributed by atoms with Crippen LogP contribution in [0.15, 0.2) is 52.8 Å². The van der Waals surface area contributed by atoms with Crippen molar-refractivity contribution in [3.05, 3.63) is 59.2 Å². The van der Waals surface area contributed by atoms with Gasteiger partial charge in [-0.3, -0.25) is 9.59 Å². The lowest BCUT2D eigenvalue weighted by Crippen LogP contribution is -2.47. The van der Waals surface area contributed by atoms with E-state index in [1.54, 1.807) is 35.2 Å². The molecule has 0 spiro atoms. The second-order valence-corrected chi connectivity index (χ2v) is 6.67. The Morgan fingerprint density at radius 2 is 2.03 bits per heavy atom. The van der Waals surface area contributed by atoms with Gasteiger partial charge in [0, 0.05) is 38.1 Å². The molecule has 8 nitrogen and oxygen atoms in total. The molecule has 3 rings (SSSR count). The number of nitrogens with zero attached hydrogens (tertiary/aromatic N) is 3. The van der Waals surface area contributed by atoms with Crippen LogP contribution in [0, 0.1) is 11.3 Å². The predicted molar refractivity (Wildman–Crippen MR) is 107 cm³/mol. The van der Waals surface area contributed by atoms with E-state index in [1.165, 1.54) is 19.6 Å². The molecule has 1 saturated heterocycles. The normalized spacial score (nSPS) is 14.3. The van der Waals surface area contributed by atoms with Crippen molar-refractivity contribution in [2.24, 2.45) is 0 Å². The summed E-state index contributed by atoms with van der Waals surface area (Å²) in [6, 6.07) is 10.0. The number of nitriles is 1. The fraction of sp³-hybridized carbons (Fsp3) is 0.250. The summed E-state index contributed by atoms with van der Waals surface area (Å²) >= 11 is 6.06. The molecule has 1 aromatic carbocycles. The van der Waals surface area contributed by atoms with Gasteiger partial charge >= 0.3 is 0 Å². The van der Waals surface area contributed by atoms with Crippen LogP contribution in [0.1, 0.15) is 10.6 Å². The number of hydrogen-bond donors (Lipinski definition) is 1. The third kappa shape index (κ3) is 4.89. The summed E-state index contributed by atoms with van der Waals surface area (Å²) in [6.45, 7) is 1.92. The molecule has 0 bridgehead atoms. The number of furan rings is 1. The predicted octanol–water partition coefficient (Wildman–Crippen LogP) is 2.75. The highest BCUT2D eigenvalue weighted by Gasteiger charge is 2.23. The molecule has 1 N–H and O–H groups in total. The van der Waals surface area contributed by atoms with Gasteiger partial charge in [-0.25, -0.2) is 0 Å². The maximum Gasteiger partial charge on any atom is 0.289 e. The van der Waals surface area contributed by atoms with E-state index in [0.29, 0.717) is 48.4 Å². The summed E-state index contributed by atoms with van der Waals surface area (Å²) in [5.74, 6) is 0.0722. The number of halogens is 1. The zero-order valence-corrected chi connectivity index (χ0v) is 16.5. The summed E-state index contributed by atoms with van der Waals surface area (Å²) in [5, 5.41) is 12.4. The Morgan fingerprint density at radius 3 is 2.62 bits per heavy atom. The third-order valence-electron chi connectivity index (χ3n) is 4.42. The van der Waals surface area contributed by atoms with E-state index in [0.717, 1.165) is 0 Å². The number of nitrogens with one attached hydrogen (secondary N) is 1. The van der Waals surface area contributed by atoms with Gasteiger partial charge in [-0.05, 0) is 30.3 Å². The van der Waals surface area contributed by atoms with Crippen LogP contribution in [0.4, 0.5) is 5.69 Å². The van der Waals surface area contributed by atoms with Gasteiger partial charge in [-0.15, -0.1) is 0 Å². The lowest BCUT2D eigenvalue weighted by Gasteiger charge is -2.33. The first kappa shape index (κ1) is 20.3. The number of carbonyl (C=O) groups excluding carboxylic acids is 2. The molecule has 0 atom stereocenters. The van der Waals surface area contributed by atoms with Crippen molar-refractivity contribution >= 4 is 29.1 Å². The van der Waals surface area contributed by atoms with Crippen LogP contribution in [0.2, 0.25) is 5.02 Å². The zero-order chi connectivity index (χ0) is 20.8. The first-order chi connectivity index (χ1) is 14.0. The average molecular weight is 415 g/mol. The van der Waals surface area contributed by atoms with Gasteiger partial charge in [-0.2, -0.15) is 5.26 Å². The summed E-state index contributed by atoms with van der Waals surface area (Å²) in [4.78, 5) is 28.2. The van der Waals surface area contributed by atoms with Crippen LogP contribution in [0.25, 0.3) is 0 Å². The Kier molecular flexibility index (Phi) is 6.42. The minimum absolute atomic E-state index is 0.0391. The monoisotopic (exact) mass is 414 g/mol. The number of piperazine rings is 1. The maximum absolute atomic E-state index is 12.4. The minimum Gasteiger partial charge on any atom is -0.495 e. The van der Waals surface area contributed by atoms with Crippen molar-refractivity contribution in [3.8, 4) is 11.8 Å². The molecule has 0 unspecified atom stereocenters. The highest BCUT2D eigenvalue weighted by Crippen LogP contribution is 2.27. The Morgan fingerprint density at radius 1 is 1.28 bits per heavy atom. The Bertz CT molecular complexity index is 957. The topological polar surface area (TPSA) is 98.8 Å². The summed E-state index contributed by atoms with van der Waals surface area (Å²) in [6.07, 6.45) is 2.97. The molecular formula is C20H19ClN4O4. The molecule has 2 heterocycles. The Labute approximate surface area is 172 Å². The molecule has 2 aromatic rings. The molecular weight excluding hydrogens is 396 g/mol. The molecule has 150 valence electrons. The average Bonchev–Trinajstić information content (AvgIpc) is 3.27. The molecule has 29 heavy (non-hydrogen) atoms. The standard InChI is InChI=1S/C20H19ClN4O4/c1-28-17-5-4-15(11-16(17)21)23-19(26)14(12-22)13-24-6-8-25(9-7-24)20(27)18-3-2-10-29-18/h2-5,10-11,13H,6-9H2,1H3,(H,23,26)/b14-13-. The summed E-state index contributed by atoms with van der Waals surface area (Å²) in [5.41, 5.74) is 0.415. The van der Waals surface area contributed by atoms with Crippen molar-refractivity contribution in [3.63, 3.8) is 0 Å². The summed E-state index contributed by atoms with van der Waals surface area (Å²) in [7, 11) is 1.50. The van der Waals surface area contributed by atoms with Gasteiger partial charge in [0.15, 0.2) is 5.76 Å². The number of rotatable bonds is 5. The molecule has 1 aliphatic rings. The van der Waals surface area contributed by atoms with Gasteiger partial charge in [-0.1, -0.05) is 11.6 Å². The largest absolute Gasteiger partial charge is 0.495 e. The highest BCUT2D eigenvalue weighted by atomic mass is 35.5. The Balaban J connectivity index is 1.60. The molecule has 9 heteroatoms. The van der Waals surface area contributed by atoms with Crippen molar-refractivity contribution in [1.82, 2.24) is 9.80 Å². The Hall–Kier alpha value is -3.44. The van der Waals surface area contributed by atoms with Crippen LogP contribution >= 0.6 is 11.6 Å². The van der Waals surface area contributed by atoms with E-state index in [9.17, 15) is 14.9 Å². The van der Waals surface area contributed by atoms with Crippen molar-refractivity contribution in [1.29, 1.82) is 5.26 Å². The van der Waals surface area contributed by atoms with Crippen molar-refractivity contribution in [2.75, 3.05) is 38.6 Å². The number of methoxy groups -OCH3 is 1. The second-order valence-electron chi connectivity index (χ2n) is 6.26. The van der Waals surface area contributed by atoms with Gasteiger partial charge in [0.05, 0.1) is 18.4 Å². The first-order valence-corrected chi connectivity index (χ1v) is 9.23. The quantitative estimate of drug-likeness (QED) is 0.596. The number of ether oxygens (including phenoxy) is 1. The van der Waals surface area contributed by atoms with Crippen LogP contribution in [0.5, 0.6) is 5.75 Å². The SMILES string of the molecule is COc1ccc(NC(=O)/C(C#N)=C\N2CCN(C(=O)c3ccco3)CC2)cc1Cl. The van der Waals surface area contributed by atoms with E-state index < -0.39 is 5.91 Å². The van der Waals surface area contributed by atoms with Crippen molar-refractivity contribution in [2.45, 2.75) is 0 Å². The molecule has 0 aliphatic carbocycles. The molecule has 2 amide bonds. The van der Waals surface area contributed by atoms with E-state index in [4.69, 9.17) is 20.8 Å². The molecule has 0 saturated carbocycles. The first-order valence-electron chi connectivity index (χ1n) is 8.85. The van der Waals surface area contributed by atoms with Crippen LogP contribution in [-0.4, -0.2) is 54.9 Å². The molecule has 1 fully saturated rings. The fourth-order valence-corrected chi connectivity index (χ4v) is 3.13. The molecule has 0 radical (unpaired) electrons. The smallest absolute Gasteiger partial charge is 0.289 e. The lowest BCUT2D eigenvalue weighted by molar-refractivity contribution is -0.112. The zero-order valence-electron chi connectivity index (χ0n) is 15.7. The number of carbonyl (C=O) groups is 2. The second kappa shape index (κ2) is 9.17. The van der Waals surface area contributed by atoms with Crippen LogP contribution < -0.4 is 10.1 Å². The maximum atomic E-state index is 12.4. The van der Waals surface area contributed by atoms with Crippen molar-refractivity contribution < 1.29 is 18.7 Å². The fourth-order valence-electron chi connectivity index (χ4n) is 2.87. The third-order valence-corrected chi connectivity index (χ3v) is 4.72. The van der Waals surface area contributed by atoms with Crippen LogP contribution in [-0.2, 0) is 4.79 Å². The van der Waals surface area contributed by atoms with Gasteiger partial charge in [0.2, 0.25) is 0 Å². The van der Waals surface area contributed by atoms with Gasteiger partial charge in [0.25, 0.3) is 11.8 Å². The number of amides is 2. The van der Waals surface area contributed by atoms with E-state index >= 15 is 0 Å². The number of benzene rings is 1. The molecule has 1 aromatic heterocycles. The molecule has 1 aliphatic heterocycles. The lowest BCUT2D eigenvalue weighted by atomic mass is 10.2. The van der Waals surface area contributed by atoms with E-state index in [1.807, 2.05) is 11.0 Å². The highest BCUT2D eigenvalue weighted by molar-refractivity contribution is 6.32. The summed E-state index contributed by atoms with van der Waals surface area (Å²) < 4.78 is 10.2. The van der Waals surface area contributed by atoms with E-state index in [-0.39, 0.29) is 11.5 Å². The van der Waals surface area contributed by atoms with Gasteiger partial charge in [0.1, 0.15) is 17.4 Å². The van der Waals surface area contributed by atoms with Crippen LogP contribution in [0.3, 0.4) is 0 Å². The number of anilines is 1.